The quantitative estimate of drug-likeness (QED) is 0.797. The molecule has 1 heterocycles. The van der Waals surface area contributed by atoms with Crippen LogP contribution in [0.3, 0.4) is 0 Å². The van der Waals surface area contributed by atoms with E-state index in [0.29, 0.717) is 29.1 Å². The standard InChI is InChI=1S/C14H20ClNO2S2/c1-10-6-13(8-15)7-14(12(10)3)20(17,18)16-4-5-19-11(2)9-16/h6-7,11H,4-5,8-9H2,1-3H3. The first-order valence-electron chi connectivity index (χ1n) is 6.64. The molecule has 1 aromatic carbocycles. The first kappa shape index (κ1) is 16.1. The van der Waals surface area contributed by atoms with Crippen molar-refractivity contribution in [3.63, 3.8) is 0 Å². The lowest BCUT2D eigenvalue weighted by molar-refractivity contribution is 0.424. The van der Waals surface area contributed by atoms with Crippen LogP contribution in [-0.4, -0.2) is 36.8 Å². The molecule has 1 fully saturated rings. The van der Waals surface area contributed by atoms with Gasteiger partial charge in [-0.1, -0.05) is 13.0 Å². The molecule has 3 nitrogen and oxygen atoms in total. The summed E-state index contributed by atoms with van der Waals surface area (Å²) in [7, 11) is -3.42. The van der Waals surface area contributed by atoms with Crippen LogP contribution in [0, 0.1) is 13.8 Å². The Morgan fingerprint density at radius 3 is 2.70 bits per heavy atom. The van der Waals surface area contributed by atoms with Gasteiger partial charge >= 0.3 is 0 Å². The molecule has 0 aromatic heterocycles. The van der Waals surface area contributed by atoms with E-state index in [2.05, 4.69) is 6.92 Å². The zero-order chi connectivity index (χ0) is 14.9. The highest BCUT2D eigenvalue weighted by Crippen LogP contribution is 2.28. The fourth-order valence-electron chi connectivity index (χ4n) is 2.39. The Bertz CT molecular complexity index is 601. The van der Waals surface area contributed by atoms with Crippen LogP contribution in [0.15, 0.2) is 17.0 Å². The van der Waals surface area contributed by atoms with Crippen LogP contribution in [0.4, 0.5) is 0 Å². The molecule has 0 N–H and O–H groups in total. The molecule has 0 saturated carbocycles. The number of halogens is 1. The van der Waals surface area contributed by atoms with E-state index in [1.165, 1.54) is 0 Å². The molecule has 112 valence electrons. The second-order valence-corrected chi connectivity index (χ2v) is 8.93. The summed E-state index contributed by atoms with van der Waals surface area (Å²) in [6.45, 7) is 7.03. The number of sulfonamides is 1. The highest BCUT2D eigenvalue weighted by atomic mass is 35.5. The molecule has 1 aromatic rings. The number of aryl methyl sites for hydroxylation is 1. The molecule has 1 saturated heterocycles. The van der Waals surface area contributed by atoms with Crippen LogP contribution in [0.5, 0.6) is 0 Å². The number of rotatable bonds is 3. The topological polar surface area (TPSA) is 37.4 Å². The summed E-state index contributed by atoms with van der Waals surface area (Å²) >= 11 is 7.69. The van der Waals surface area contributed by atoms with Crippen molar-refractivity contribution in [1.82, 2.24) is 4.31 Å². The maximum Gasteiger partial charge on any atom is 0.243 e. The Hall–Kier alpha value is -0.230. The van der Waals surface area contributed by atoms with Crippen LogP contribution in [0.2, 0.25) is 0 Å². The maximum absolute atomic E-state index is 12.8. The van der Waals surface area contributed by atoms with Gasteiger partial charge in [0.15, 0.2) is 0 Å². The fraction of sp³-hybridized carbons (Fsp3) is 0.571. The lowest BCUT2D eigenvalue weighted by atomic mass is 10.1. The highest BCUT2D eigenvalue weighted by molar-refractivity contribution is 8.00. The van der Waals surface area contributed by atoms with Crippen LogP contribution >= 0.6 is 23.4 Å². The lowest BCUT2D eigenvalue weighted by Crippen LogP contribution is -2.41. The highest BCUT2D eigenvalue weighted by Gasteiger charge is 2.30. The first-order chi connectivity index (χ1) is 9.36. The van der Waals surface area contributed by atoms with Gasteiger partial charge in [-0.25, -0.2) is 8.42 Å². The second-order valence-electron chi connectivity index (χ2n) is 5.21. The van der Waals surface area contributed by atoms with Gasteiger partial charge in [-0.2, -0.15) is 16.1 Å². The molecule has 0 bridgehead atoms. The van der Waals surface area contributed by atoms with Gasteiger partial charge in [0.25, 0.3) is 0 Å². The minimum absolute atomic E-state index is 0.329. The van der Waals surface area contributed by atoms with Gasteiger partial charge in [-0.3, -0.25) is 0 Å². The van der Waals surface area contributed by atoms with Crippen LogP contribution in [-0.2, 0) is 15.9 Å². The van der Waals surface area contributed by atoms with Crippen molar-refractivity contribution in [2.45, 2.75) is 36.8 Å². The van der Waals surface area contributed by atoms with E-state index in [0.717, 1.165) is 22.4 Å². The molecule has 1 atom stereocenters. The molecular weight excluding hydrogens is 314 g/mol. The van der Waals surface area contributed by atoms with Gasteiger partial charge in [-0.05, 0) is 36.6 Å². The molecule has 1 aliphatic heterocycles. The van der Waals surface area contributed by atoms with Crippen molar-refractivity contribution >= 4 is 33.4 Å². The molecule has 6 heteroatoms. The summed E-state index contributed by atoms with van der Waals surface area (Å²) in [6, 6.07) is 3.67. The van der Waals surface area contributed by atoms with E-state index < -0.39 is 10.0 Å². The zero-order valence-electron chi connectivity index (χ0n) is 12.0. The average Bonchev–Trinajstić information content (AvgIpc) is 2.41. The zero-order valence-corrected chi connectivity index (χ0v) is 14.4. The Labute approximate surface area is 130 Å². The minimum atomic E-state index is -3.42. The molecule has 2 rings (SSSR count). The van der Waals surface area contributed by atoms with E-state index >= 15 is 0 Å². The third kappa shape index (κ3) is 3.16. The van der Waals surface area contributed by atoms with Crippen molar-refractivity contribution < 1.29 is 8.42 Å². The largest absolute Gasteiger partial charge is 0.243 e. The van der Waals surface area contributed by atoms with Gasteiger partial charge in [0, 0.05) is 30.0 Å². The summed E-state index contributed by atoms with van der Waals surface area (Å²) in [5.41, 5.74) is 2.65. The molecule has 20 heavy (non-hydrogen) atoms. The Balaban J connectivity index is 2.46. The molecule has 1 unspecified atom stereocenters. The normalized spacial score (nSPS) is 21.1. The van der Waals surface area contributed by atoms with E-state index in [1.807, 2.05) is 31.7 Å². The van der Waals surface area contributed by atoms with E-state index in [9.17, 15) is 8.42 Å². The Kier molecular flexibility index (Phi) is 5.05. The van der Waals surface area contributed by atoms with E-state index in [4.69, 9.17) is 11.6 Å². The molecular formula is C14H20ClNO2S2. The van der Waals surface area contributed by atoms with Gasteiger partial charge in [0.2, 0.25) is 10.0 Å². The van der Waals surface area contributed by atoms with E-state index in [-0.39, 0.29) is 0 Å². The average molecular weight is 334 g/mol. The Morgan fingerprint density at radius 1 is 1.40 bits per heavy atom. The van der Waals surface area contributed by atoms with Crippen LogP contribution in [0.25, 0.3) is 0 Å². The van der Waals surface area contributed by atoms with Crippen molar-refractivity contribution in [3.8, 4) is 0 Å². The van der Waals surface area contributed by atoms with Crippen molar-refractivity contribution in [2.24, 2.45) is 0 Å². The Morgan fingerprint density at radius 2 is 2.10 bits per heavy atom. The third-order valence-corrected chi connectivity index (χ3v) is 7.09. The maximum atomic E-state index is 12.8. The minimum Gasteiger partial charge on any atom is -0.207 e. The number of alkyl halides is 1. The lowest BCUT2D eigenvalue weighted by Gasteiger charge is -2.30. The van der Waals surface area contributed by atoms with Crippen LogP contribution < -0.4 is 0 Å². The molecule has 0 aliphatic carbocycles. The predicted molar refractivity (Wildman–Crippen MR) is 86.2 cm³/mol. The summed E-state index contributed by atoms with van der Waals surface area (Å²) in [6.07, 6.45) is 0. The van der Waals surface area contributed by atoms with Gasteiger partial charge in [0.1, 0.15) is 0 Å². The first-order valence-corrected chi connectivity index (χ1v) is 9.66. The van der Waals surface area contributed by atoms with Crippen molar-refractivity contribution in [3.05, 3.63) is 28.8 Å². The van der Waals surface area contributed by atoms with Crippen LogP contribution in [0.1, 0.15) is 23.6 Å². The van der Waals surface area contributed by atoms with Gasteiger partial charge in [-0.15, -0.1) is 11.6 Å². The second kappa shape index (κ2) is 6.26. The smallest absolute Gasteiger partial charge is 0.207 e. The van der Waals surface area contributed by atoms with Gasteiger partial charge in [0.05, 0.1) is 4.90 Å². The number of benzene rings is 1. The summed E-state index contributed by atoms with van der Waals surface area (Å²) in [5.74, 6) is 1.18. The molecule has 0 radical (unpaired) electrons. The fourth-order valence-corrected chi connectivity index (χ4v) is 5.64. The number of nitrogens with zero attached hydrogens (tertiary/aromatic N) is 1. The number of thioether (sulfide) groups is 1. The molecule has 0 amide bonds. The summed E-state index contributed by atoms with van der Waals surface area (Å²) in [4.78, 5) is 0.409. The number of hydrogen-bond donors (Lipinski definition) is 0. The summed E-state index contributed by atoms with van der Waals surface area (Å²) < 4.78 is 27.3. The van der Waals surface area contributed by atoms with Gasteiger partial charge < -0.3 is 0 Å². The van der Waals surface area contributed by atoms with E-state index in [1.54, 1.807) is 10.4 Å². The number of hydrogen-bond acceptors (Lipinski definition) is 3. The summed E-state index contributed by atoms with van der Waals surface area (Å²) in [5, 5.41) is 0.344. The molecule has 0 spiro atoms. The van der Waals surface area contributed by atoms with Crippen molar-refractivity contribution in [1.29, 1.82) is 0 Å². The molecule has 1 aliphatic rings. The third-order valence-electron chi connectivity index (χ3n) is 3.66. The monoisotopic (exact) mass is 333 g/mol. The SMILES string of the molecule is Cc1cc(CCl)cc(S(=O)(=O)N2CCSC(C)C2)c1C. The predicted octanol–water partition coefficient (Wildman–Crippen LogP) is 3.17. The van der Waals surface area contributed by atoms with Crippen molar-refractivity contribution in [2.75, 3.05) is 18.8 Å².